The Hall–Kier alpha value is -6.65. The Labute approximate surface area is 355 Å². The first kappa shape index (κ1) is 42.5. The highest BCUT2D eigenvalue weighted by Gasteiger charge is 2.27. The third kappa shape index (κ3) is 9.55. The Balaban J connectivity index is 0.000000186. The predicted octanol–water partition coefficient (Wildman–Crippen LogP) is 10.3. The van der Waals surface area contributed by atoms with Gasteiger partial charge in [0.05, 0.1) is 25.4 Å². The summed E-state index contributed by atoms with van der Waals surface area (Å²) in [6.45, 7) is 25.9. The number of fused-ring (bicyclic) bond motifs is 2. The molecule has 0 aliphatic heterocycles. The maximum absolute atomic E-state index is 12.0. The topological polar surface area (TPSA) is 177 Å². The van der Waals surface area contributed by atoms with Gasteiger partial charge in [-0.05, 0) is 125 Å². The van der Waals surface area contributed by atoms with E-state index in [2.05, 4.69) is 47.3 Å². The molecule has 61 heavy (non-hydrogen) atoms. The normalized spacial score (nSPS) is 15.8. The Morgan fingerprint density at radius 2 is 1.26 bits per heavy atom. The van der Waals surface area contributed by atoms with Gasteiger partial charge < -0.3 is 24.3 Å². The van der Waals surface area contributed by atoms with Crippen molar-refractivity contribution in [2.45, 2.75) is 90.5 Å². The fraction of sp³-hybridized carbons (Fsp3) is 0.304. The molecule has 3 N–H and O–H groups in total. The second-order valence-electron chi connectivity index (χ2n) is 15.3. The fourth-order valence-electron chi connectivity index (χ4n) is 7.60. The summed E-state index contributed by atoms with van der Waals surface area (Å²) in [6, 6.07) is 22.0. The molecule has 0 unspecified atom stereocenters. The van der Waals surface area contributed by atoms with Crippen molar-refractivity contribution in [1.82, 2.24) is 25.0 Å². The van der Waals surface area contributed by atoms with Gasteiger partial charge in [-0.3, -0.25) is 0 Å². The highest BCUT2D eigenvalue weighted by molar-refractivity contribution is 7.92. The number of nitrogens with zero attached hydrogens (tertiary/aromatic N) is 6. The molecule has 0 fully saturated rings. The van der Waals surface area contributed by atoms with Gasteiger partial charge in [-0.2, -0.15) is 9.97 Å². The number of nitrogens with one attached hydrogen (secondary N) is 1. The molecular weight excluding hydrogens is 793 g/mol. The van der Waals surface area contributed by atoms with Crippen LogP contribution in [-0.4, -0.2) is 40.9 Å². The van der Waals surface area contributed by atoms with Crippen molar-refractivity contribution in [2.75, 3.05) is 0 Å². The summed E-state index contributed by atoms with van der Waals surface area (Å²) in [5.41, 5.74) is 14.4. The standard InChI is InChI=1S/C24H24N4O4S.C22H22N4O2/c1-5-33(29,30)28-20-11-7-8-17-18(20)9-6-10-19(17)23-26-24(32-27-23)16-12-13-22(31-15(2)3)21(14-16)25-4;1-13(2)27-20-11-10-14(12-19(20)24-3)22-25-21(26-28-22)17-8-4-7-16-15(17)6-5-9-18(16)23/h5-6,9-10,12-15,20,28H,1,7-8,11H2,2-3H3;4,7-8,10-13,18H,5-6,9,23H2,1-2H3/t20-;18-/m11/s1. The predicted molar refractivity (Wildman–Crippen MR) is 232 cm³/mol. The molecule has 14 nitrogen and oxygen atoms in total. The van der Waals surface area contributed by atoms with E-state index in [1.165, 1.54) is 11.1 Å². The zero-order valence-corrected chi connectivity index (χ0v) is 35.2. The quantitative estimate of drug-likeness (QED) is 0.119. The van der Waals surface area contributed by atoms with Crippen LogP contribution in [-0.2, 0) is 22.9 Å². The SMILES string of the molecule is [C-]#[N+]c1cc(-c2nc(-c3cccc4c3CCC[C@H]4N)no2)ccc1OC(C)C.[C-]#[N+]c1cc(-c2nc(-c3cccc4c3CCC[C@H]4NS(=O)(=O)C=C)no2)ccc1OC(C)C. The third-order valence-corrected chi connectivity index (χ3v) is 11.4. The number of aromatic nitrogens is 4. The second-order valence-corrected chi connectivity index (χ2v) is 16.9. The Bertz CT molecular complexity index is 2760. The van der Waals surface area contributed by atoms with E-state index in [4.69, 9.17) is 37.4 Å². The highest BCUT2D eigenvalue weighted by atomic mass is 32.2. The van der Waals surface area contributed by atoms with E-state index in [0.717, 1.165) is 59.8 Å². The average molecular weight is 839 g/mol. The van der Waals surface area contributed by atoms with Crippen molar-refractivity contribution < 1.29 is 26.9 Å². The maximum atomic E-state index is 12.0. The van der Waals surface area contributed by atoms with E-state index >= 15 is 0 Å². The lowest BCUT2D eigenvalue weighted by atomic mass is 9.85. The number of hydrogen-bond acceptors (Lipinski definition) is 11. The maximum Gasteiger partial charge on any atom is 0.256 e. The molecule has 0 amide bonds. The minimum Gasteiger partial charge on any atom is -0.502 e. The van der Waals surface area contributed by atoms with Gasteiger partial charge in [0.15, 0.2) is 0 Å². The summed E-state index contributed by atoms with van der Waals surface area (Å²) in [5, 5.41) is 9.27. The van der Waals surface area contributed by atoms with E-state index in [1.54, 1.807) is 30.3 Å². The summed E-state index contributed by atoms with van der Waals surface area (Å²) < 4.78 is 49.1. The number of rotatable bonds is 11. The number of benzene rings is 4. The van der Waals surface area contributed by atoms with E-state index < -0.39 is 10.0 Å². The lowest BCUT2D eigenvalue weighted by Crippen LogP contribution is -2.29. The molecule has 0 saturated carbocycles. The molecule has 8 rings (SSSR count). The van der Waals surface area contributed by atoms with Gasteiger partial charge in [-0.25, -0.2) is 22.8 Å². The molecule has 4 aromatic carbocycles. The minimum atomic E-state index is -3.56. The van der Waals surface area contributed by atoms with Gasteiger partial charge in [0, 0.05) is 39.7 Å². The number of sulfonamides is 1. The molecule has 2 atom stereocenters. The monoisotopic (exact) mass is 838 g/mol. The van der Waals surface area contributed by atoms with Crippen LogP contribution in [0, 0.1) is 13.1 Å². The van der Waals surface area contributed by atoms with E-state index in [9.17, 15) is 8.42 Å². The van der Waals surface area contributed by atoms with E-state index in [0.29, 0.717) is 63.9 Å². The van der Waals surface area contributed by atoms with Crippen molar-refractivity contribution in [3.63, 3.8) is 0 Å². The highest BCUT2D eigenvalue weighted by Crippen LogP contribution is 2.39. The summed E-state index contributed by atoms with van der Waals surface area (Å²) in [4.78, 5) is 16.3. The molecule has 0 radical (unpaired) electrons. The Kier molecular flexibility index (Phi) is 12.8. The van der Waals surface area contributed by atoms with Crippen LogP contribution < -0.4 is 19.9 Å². The third-order valence-electron chi connectivity index (χ3n) is 10.3. The van der Waals surface area contributed by atoms with Crippen LogP contribution >= 0.6 is 0 Å². The minimum absolute atomic E-state index is 0.00279. The van der Waals surface area contributed by atoms with Gasteiger partial charge in [0.2, 0.25) is 33.0 Å². The van der Waals surface area contributed by atoms with Crippen molar-refractivity contribution >= 4 is 21.4 Å². The van der Waals surface area contributed by atoms with Crippen molar-refractivity contribution in [3.05, 3.63) is 130 Å². The molecule has 2 heterocycles. The summed E-state index contributed by atoms with van der Waals surface area (Å²) in [5.74, 6) is 2.71. The second kappa shape index (κ2) is 18.3. The van der Waals surface area contributed by atoms with Crippen LogP contribution in [0.1, 0.15) is 87.7 Å². The first-order valence-electron chi connectivity index (χ1n) is 20.1. The van der Waals surface area contributed by atoms with Gasteiger partial charge >= 0.3 is 0 Å². The molecule has 312 valence electrons. The summed E-state index contributed by atoms with van der Waals surface area (Å²) in [7, 11) is -3.56. The van der Waals surface area contributed by atoms with Crippen LogP contribution in [0.2, 0.25) is 0 Å². The molecule has 2 aliphatic carbocycles. The number of ether oxygens (including phenoxy) is 2. The molecule has 0 bridgehead atoms. The molecule has 2 aliphatic rings. The summed E-state index contributed by atoms with van der Waals surface area (Å²) >= 11 is 0. The fourth-order valence-corrected chi connectivity index (χ4v) is 8.34. The first-order valence-corrected chi connectivity index (χ1v) is 21.6. The molecule has 0 spiro atoms. The molecule has 2 aromatic heterocycles. The summed E-state index contributed by atoms with van der Waals surface area (Å²) in [6.07, 6.45) is 5.28. The van der Waals surface area contributed by atoms with Crippen LogP contribution in [0.25, 0.3) is 55.4 Å². The van der Waals surface area contributed by atoms with Gasteiger partial charge in [0.25, 0.3) is 11.8 Å². The smallest absolute Gasteiger partial charge is 0.256 e. The zero-order valence-electron chi connectivity index (χ0n) is 34.4. The van der Waals surface area contributed by atoms with Crippen molar-refractivity contribution in [2.24, 2.45) is 5.73 Å². The largest absolute Gasteiger partial charge is 0.502 e. The van der Waals surface area contributed by atoms with Crippen LogP contribution in [0.5, 0.6) is 11.5 Å². The first-order chi connectivity index (χ1) is 29.4. The Morgan fingerprint density at radius 1 is 0.770 bits per heavy atom. The van der Waals surface area contributed by atoms with E-state index in [-0.39, 0.29) is 24.3 Å². The van der Waals surface area contributed by atoms with Gasteiger partial charge in [-0.15, -0.1) is 0 Å². The molecular formula is C46H46N8O6S. The lowest BCUT2D eigenvalue weighted by Gasteiger charge is -2.27. The lowest BCUT2D eigenvalue weighted by molar-refractivity contribution is 0.244. The van der Waals surface area contributed by atoms with Crippen LogP contribution in [0.3, 0.4) is 0 Å². The molecule has 6 aromatic rings. The van der Waals surface area contributed by atoms with Crippen molar-refractivity contribution in [1.29, 1.82) is 0 Å². The van der Waals surface area contributed by atoms with Gasteiger partial charge in [0.1, 0.15) is 11.5 Å². The van der Waals surface area contributed by atoms with E-state index in [1.807, 2.05) is 64.1 Å². The zero-order chi connectivity index (χ0) is 43.3. The molecule has 0 saturated heterocycles. The Morgan fingerprint density at radius 3 is 1.75 bits per heavy atom. The van der Waals surface area contributed by atoms with Crippen LogP contribution in [0.4, 0.5) is 11.4 Å². The number of hydrogen-bond donors (Lipinski definition) is 2. The van der Waals surface area contributed by atoms with Crippen LogP contribution in [0.15, 0.2) is 93.8 Å². The molecule has 15 heteroatoms. The average Bonchev–Trinajstić information content (AvgIpc) is 3.95. The van der Waals surface area contributed by atoms with Crippen molar-refractivity contribution in [3.8, 4) is 57.2 Å². The number of nitrogens with two attached hydrogens (primary N) is 1. The van der Waals surface area contributed by atoms with Gasteiger partial charge in [-0.1, -0.05) is 53.3 Å².